The first kappa shape index (κ1) is 26.7. The van der Waals surface area contributed by atoms with Crippen molar-refractivity contribution in [1.29, 1.82) is 0 Å². The lowest BCUT2D eigenvalue weighted by Crippen LogP contribution is -2.54. The Morgan fingerprint density at radius 1 is 1.03 bits per heavy atom. The van der Waals surface area contributed by atoms with Crippen LogP contribution < -0.4 is 21.7 Å². The zero-order valence-electron chi connectivity index (χ0n) is 18.1. The third kappa shape index (κ3) is 7.78. The Balaban J connectivity index is 1.88. The van der Waals surface area contributed by atoms with E-state index >= 15 is 0 Å². The van der Waals surface area contributed by atoms with Gasteiger partial charge in [0.05, 0.1) is 12.6 Å². The van der Waals surface area contributed by atoms with Crippen molar-refractivity contribution in [2.45, 2.75) is 37.4 Å². The summed E-state index contributed by atoms with van der Waals surface area (Å²) in [5.74, 6) is -4.65. The Hall–Kier alpha value is -3.58. The van der Waals surface area contributed by atoms with E-state index in [1.807, 2.05) is 24.3 Å². The smallest absolute Gasteiger partial charge is 0.326 e. The summed E-state index contributed by atoms with van der Waals surface area (Å²) in [5, 5.41) is 26.0. The van der Waals surface area contributed by atoms with Crippen molar-refractivity contribution in [1.82, 2.24) is 20.9 Å². The van der Waals surface area contributed by atoms with Gasteiger partial charge in [-0.1, -0.05) is 18.2 Å². The molecule has 184 valence electrons. The van der Waals surface area contributed by atoms with Gasteiger partial charge in [0.2, 0.25) is 17.7 Å². The highest BCUT2D eigenvalue weighted by molar-refractivity contribution is 7.80. The number of thiol groups is 1. The Morgan fingerprint density at radius 3 is 2.38 bits per heavy atom. The highest BCUT2D eigenvalue weighted by atomic mass is 32.1. The van der Waals surface area contributed by atoms with Crippen molar-refractivity contribution < 1.29 is 34.2 Å². The third-order valence-corrected chi connectivity index (χ3v) is 5.34. The number of H-pyrrole nitrogens is 1. The molecule has 0 aliphatic rings. The van der Waals surface area contributed by atoms with E-state index in [0.717, 1.165) is 10.9 Å². The maximum absolute atomic E-state index is 12.3. The lowest BCUT2D eigenvalue weighted by molar-refractivity contribution is -0.141. The van der Waals surface area contributed by atoms with E-state index in [9.17, 15) is 29.1 Å². The van der Waals surface area contributed by atoms with Crippen LogP contribution in [0, 0.1) is 0 Å². The average molecular weight is 494 g/mol. The number of carboxylic acid groups (broad SMARTS) is 2. The van der Waals surface area contributed by atoms with Crippen LogP contribution in [0.25, 0.3) is 10.9 Å². The molecule has 3 atom stereocenters. The molecule has 34 heavy (non-hydrogen) atoms. The molecule has 1 aromatic carbocycles. The highest BCUT2D eigenvalue weighted by Gasteiger charge is 2.25. The van der Waals surface area contributed by atoms with Crippen molar-refractivity contribution in [3.05, 3.63) is 36.0 Å². The molecule has 3 amide bonds. The number of carboxylic acids is 2. The van der Waals surface area contributed by atoms with Gasteiger partial charge < -0.3 is 36.9 Å². The van der Waals surface area contributed by atoms with Crippen molar-refractivity contribution in [3.8, 4) is 0 Å². The molecule has 0 saturated carbocycles. The molecular weight excluding hydrogens is 466 g/mol. The van der Waals surface area contributed by atoms with E-state index in [0.29, 0.717) is 5.56 Å². The van der Waals surface area contributed by atoms with Crippen LogP contribution in [0.2, 0.25) is 0 Å². The topological polar surface area (TPSA) is 204 Å². The molecule has 2 aromatic rings. The first-order valence-corrected chi connectivity index (χ1v) is 11.0. The molecule has 0 fully saturated rings. The number of aliphatic carboxylic acids is 2. The predicted octanol–water partition coefficient (Wildman–Crippen LogP) is -0.997. The number of rotatable bonds is 13. The number of nitrogens with two attached hydrogens (primary N) is 1. The minimum absolute atomic E-state index is 0.0303. The standard InChI is InChI=1S/C21H27N5O7S/c22-13(5-6-18(28)29)19(30)26-16(10-34)20(31)24-9-17(27)25-15(21(32)33)7-11-8-23-14-4-2-1-3-12(11)14/h1-4,8,13,15-16,23,34H,5-7,9-10,22H2,(H,24,31)(H,25,27)(H,26,30)(H,28,29)(H,32,33). The number of carbonyl (C=O) groups is 5. The number of para-hydroxylation sites is 1. The van der Waals surface area contributed by atoms with Gasteiger partial charge in [0.1, 0.15) is 12.1 Å². The number of hydrogen-bond donors (Lipinski definition) is 8. The van der Waals surface area contributed by atoms with E-state index in [4.69, 9.17) is 10.8 Å². The highest BCUT2D eigenvalue weighted by Crippen LogP contribution is 2.19. The van der Waals surface area contributed by atoms with E-state index < -0.39 is 54.3 Å². The molecule has 1 aromatic heterocycles. The molecule has 12 nitrogen and oxygen atoms in total. The summed E-state index contributed by atoms with van der Waals surface area (Å²) in [4.78, 5) is 61.9. The fourth-order valence-electron chi connectivity index (χ4n) is 3.14. The second-order valence-corrected chi connectivity index (χ2v) is 7.89. The summed E-state index contributed by atoms with van der Waals surface area (Å²) in [7, 11) is 0. The van der Waals surface area contributed by atoms with Crippen molar-refractivity contribution >= 4 is 53.2 Å². The number of benzene rings is 1. The molecule has 3 unspecified atom stereocenters. The normalized spacial score (nSPS) is 13.5. The number of hydrogen-bond acceptors (Lipinski definition) is 7. The Kier molecular flexibility index (Phi) is 9.89. The largest absolute Gasteiger partial charge is 0.481 e. The SMILES string of the molecule is NC(CCC(=O)O)C(=O)NC(CS)C(=O)NCC(=O)NC(Cc1c[nH]c2ccccc12)C(=O)O. The molecule has 8 N–H and O–H groups in total. The molecule has 0 aliphatic heterocycles. The molecule has 0 aliphatic carbocycles. The minimum atomic E-state index is -1.24. The summed E-state index contributed by atoms with van der Waals surface area (Å²) >= 11 is 4.00. The lowest BCUT2D eigenvalue weighted by atomic mass is 10.0. The maximum atomic E-state index is 12.3. The maximum Gasteiger partial charge on any atom is 0.326 e. The Labute approximate surface area is 200 Å². The van der Waals surface area contributed by atoms with Crippen LogP contribution in [0.4, 0.5) is 0 Å². The lowest BCUT2D eigenvalue weighted by Gasteiger charge is -2.19. The first-order valence-electron chi connectivity index (χ1n) is 10.4. The Bertz CT molecular complexity index is 1060. The van der Waals surface area contributed by atoms with Gasteiger partial charge in [-0.25, -0.2) is 4.79 Å². The first-order chi connectivity index (χ1) is 16.1. The van der Waals surface area contributed by atoms with Gasteiger partial charge >= 0.3 is 11.9 Å². The van der Waals surface area contributed by atoms with Crippen molar-refractivity contribution in [2.24, 2.45) is 5.73 Å². The van der Waals surface area contributed by atoms with Gasteiger partial charge in [0.15, 0.2) is 0 Å². The van der Waals surface area contributed by atoms with E-state index in [2.05, 4.69) is 33.6 Å². The molecular formula is C21H27N5O7S. The van der Waals surface area contributed by atoms with E-state index in [-0.39, 0.29) is 25.0 Å². The van der Waals surface area contributed by atoms with Crippen LogP contribution in [-0.4, -0.2) is 75.3 Å². The quantitative estimate of drug-likeness (QED) is 0.162. The number of fused-ring (bicyclic) bond motifs is 1. The van der Waals surface area contributed by atoms with Gasteiger partial charge in [-0.3, -0.25) is 19.2 Å². The number of carbonyl (C=O) groups excluding carboxylic acids is 3. The van der Waals surface area contributed by atoms with Crippen LogP contribution in [0.15, 0.2) is 30.5 Å². The number of aromatic amines is 1. The van der Waals surface area contributed by atoms with Crippen LogP contribution in [0.5, 0.6) is 0 Å². The number of nitrogens with one attached hydrogen (secondary N) is 4. The molecule has 0 bridgehead atoms. The second kappa shape index (κ2) is 12.6. The van der Waals surface area contributed by atoms with Gasteiger partial charge in [0, 0.05) is 35.7 Å². The van der Waals surface area contributed by atoms with E-state index in [1.54, 1.807) is 6.20 Å². The molecule has 0 spiro atoms. The fourth-order valence-corrected chi connectivity index (χ4v) is 3.40. The Morgan fingerprint density at radius 2 is 1.74 bits per heavy atom. The van der Waals surface area contributed by atoms with Crippen LogP contribution in [0.1, 0.15) is 18.4 Å². The summed E-state index contributed by atoms with van der Waals surface area (Å²) in [6, 6.07) is 3.86. The number of aromatic nitrogens is 1. The minimum Gasteiger partial charge on any atom is -0.481 e. The van der Waals surface area contributed by atoms with Crippen LogP contribution >= 0.6 is 12.6 Å². The molecule has 13 heteroatoms. The zero-order chi connectivity index (χ0) is 25.3. The monoisotopic (exact) mass is 493 g/mol. The fraction of sp³-hybridized carbons (Fsp3) is 0.381. The average Bonchev–Trinajstić information content (AvgIpc) is 3.21. The summed E-state index contributed by atoms with van der Waals surface area (Å²) < 4.78 is 0. The van der Waals surface area contributed by atoms with Crippen LogP contribution in [-0.2, 0) is 30.4 Å². The van der Waals surface area contributed by atoms with Crippen molar-refractivity contribution in [3.63, 3.8) is 0 Å². The van der Waals surface area contributed by atoms with Gasteiger partial charge in [-0.05, 0) is 18.1 Å². The van der Waals surface area contributed by atoms with Gasteiger partial charge in [-0.15, -0.1) is 0 Å². The van der Waals surface area contributed by atoms with Gasteiger partial charge in [0.25, 0.3) is 0 Å². The summed E-state index contributed by atoms with van der Waals surface area (Å²) in [5.41, 5.74) is 7.16. The van der Waals surface area contributed by atoms with Gasteiger partial charge in [-0.2, -0.15) is 12.6 Å². The molecule has 1 heterocycles. The zero-order valence-corrected chi connectivity index (χ0v) is 19.0. The molecule has 2 rings (SSSR count). The second-order valence-electron chi connectivity index (χ2n) is 7.52. The third-order valence-electron chi connectivity index (χ3n) is 4.98. The summed E-state index contributed by atoms with van der Waals surface area (Å²) in [6.45, 7) is -0.526. The van der Waals surface area contributed by atoms with Crippen molar-refractivity contribution in [2.75, 3.05) is 12.3 Å². The molecule has 0 radical (unpaired) electrons. The molecule has 0 saturated heterocycles. The number of amides is 3. The summed E-state index contributed by atoms with van der Waals surface area (Å²) in [6.07, 6.45) is 1.28. The van der Waals surface area contributed by atoms with Crippen LogP contribution in [0.3, 0.4) is 0 Å². The predicted molar refractivity (Wildman–Crippen MR) is 125 cm³/mol. The van der Waals surface area contributed by atoms with E-state index in [1.165, 1.54) is 0 Å².